The summed E-state index contributed by atoms with van der Waals surface area (Å²) in [6, 6.07) is 12.0. The fourth-order valence-electron chi connectivity index (χ4n) is 2.15. The van der Waals surface area contributed by atoms with Crippen molar-refractivity contribution in [2.75, 3.05) is 31.9 Å². The smallest absolute Gasteiger partial charge is 0.338 e. The molecule has 0 aliphatic rings. The summed E-state index contributed by atoms with van der Waals surface area (Å²) >= 11 is 1.61. The van der Waals surface area contributed by atoms with E-state index in [1.807, 2.05) is 18.4 Å². The molecule has 0 aliphatic heterocycles. The van der Waals surface area contributed by atoms with Crippen molar-refractivity contribution in [2.24, 2.45) is 0 Å². The summed E-state index contributed by atoms with van der Waals surface area (Å²) in [5, 5.41) is 2.68. The van der Waals surface area contributed by atoms with Gasteiger partial charge >= 0.3 is 5.97 Å². The third kappa shape index (κ3) is 6.07. The van der Waals surface area contributed by atoms with Gasteiger partial charge in [0.1, 0.15) is 6.61 Å². The van der Waals surface area contributed by atoms with Crippen LogP contribution in [0.1, 0.15) is 10.4 Å². The molecule has 2 rings (SSSR count). The van der Waals surface area contributed by atoms with E-state index in [9.17, 15) is 9.59 Å². The van der Waals surface area contributed by atoms with Gasteiger partial charge in [-0.15, -0.1) is 11.8 Å². The highest BCUT2D eigenvalue weighted by Gasteiger charge is 2.14. The Hall–Kier alpha value is -2.93. The molecule has 2 aromatic carbocycles. The van der Waals surface area contributed by atoms with E-state index in [1.165, 1.54) is 13.2 Å². The number of esters is 1. The maximum Gasteiger partial charge on any atom is 0.338 e. The molecule has 0 radical (unpaired) electrons. The fraction of sp³-hybridized carbons (Fsp3) is 0.200. The summed E-state index contributed by atoms with van der Waals surface area (Å²) in [6.45, 7) is 3.51. The lowest BCUT2D eigenvalue weighted by Crippen LogP contribution is -2.20. The van der Waals surface area contributed by atoms with Crippen molar-refractivity contribution in [3.63, 3.8) is 0 Å². The molecule has 0 aliphatic carbocycles. The van der Waals surface area contributed by atoms with Gasteiger partial charge in [-0.25, -0.2) is 4.79 Å². The van der Waals surface area contributed by atoms with E-state index in [0.29, 0.717) is 23.8 Å². The van der Waals surface area contributed by atoms with E-state index in [0.717, 1.165) is 4.90 Å². The van der Waals surface area contributed by atoms with E-state index in [1.54, 1.807) is 42.1 Å². The van der Waals surface area contributed by atoms with Crippen LogP contribution in [0.5, 0.6) is 11.5 Å². The van der Waals surface area contributed by atoms with Gasteiger partial charge in [-0.05, 0) is 48.7 Å². The lowest BCUT2D eigenvalue weighted by atomic mass is 10.2. The number of benzene rings is 2. The van der Waals surface area contributed by atoms with Crippen molar-refractivity contribution in [1.29, 1.82) is 0 Å². The second kappa shape index (κ2) is 10.3. The maximum atomic E-state index is 12.2. The van der Waals surface area contributed by atoms with Crippen LogP contribution in [0.25, 0.3) is 0 Å². The first-order valence-corrected chi connectivity index (χ1v) is 9.32. The number of thioether (sulfide) groups is 1. The Morgan fingerprint density at radius 1 is 1.15 bits per heavy atom. The topological polar surface area (TPSA) is 73.9 Å². The highest BCUT2D eigenvalue weighted by molar-refractivity contribution is 7.98. The molecule has 0 heterocycles. The number of hydrogen-bond donors (Lipinski definition) is 1. The van der Waals surface area contributed by atoms with Gasteiger partial charge in [0.15, 0.2) is 18.1 Å². The average molecular weight is 387 g/mol. The van der Waals surface area contributed by atoms with Crippen molar-refractivity contribution < 1.29 is 23.8 Å². The molecule has 0 spiro atoms. The van der Waals surface area contributed by atoms with Crippen LogP contribution in [0.3, 0.4) is 0 Å². The summed E-state index contributed by atoms with van der Waals surface area (Å²) in [6.07, 6.45) is 3.58. The molecule has 0 saturated heterocycles. The first kappa shape index (κ1) is 20.4. The Balaban J connectivity index is 1.92. The van der Waals surface area contributed by atoms with Gasteiger partial charge in [0.05, 0.1) is 12.7 Å². The Labute approximate surface area is 162 Å². The Kier molecular flexibility index (Phi) is 7.76. The lowest BCUT2D eigenvalue weighted by Gasteiger charge is -2.11. The molecule has 142 valence electrons. The summed E-state index contributed by atoms with van der Waals surface area (Å²) in [4.78, 5) is 25.2. The van der Waals surface area contributed by atoms with Crippen LogP contribution in [-0.4, -0.2) is 38.5 Å². The molecule has 0 saturated carbocycles. The summed E-state index contributed by atoms with van der Waals surface area (Å²) < 4.78 is 15.7. The molecule has 27 heavy (non-hydrogen) atoms. The number of hydrogen-bond acceptors (Lipinski definition) is 6. The summed E-state index contributed by atoms with van der Waals surface area (Å²) in [5.41, 5.74) is 0.897. The first-order valence-electron chi connectivity index (χ1n) is 8.10. The highest BCUT2D eigenvalue weighted by atomic mass is 32.2. The Bertz CT molecular complexity index is 805. The predicted octanol–water partition coefficient (Wildman–Crippen LogP) is 3.78. The number of carbonyl (C=O) groups is 2. The van der Waals surface area contributed by atoms with Gasteiger partial charge in [-0.3, -0.25) is 4.79 Å². The zero-order valence-electron chi connectivity index (χ0n) is 15.2. The lowest BCUT2D eigenvalue weighted by molar-refractivity contribution is -0.119. The van der Waals surface area contributed by atoms with Crippen LogP contribution in [0.2, 0.25) is 0 Å². The highest BCUT2D eigenvalue weighted by Crippen LogP contribution is 2.28. The molecule has 6 nitrogen and oxygen atoms in total. The number of nitrogens with one attached hydrogen (secondary N) is 1. The van der Waals surface area contributed by atoms with Crippen molar-refractivity contribution in [2.45, 2.75) is 4.90 Å². The van der Waals surface area contributed by atoms with Crippen molar-refractivity contribution in [3.8, 4) is 11.5 Å². The standard InChI is InChI=1S/C20H21NO5S/c1-4-11-25-17-10-5-14(12-18(17)24-2)20(23)26-13-19(22)21-15-6-8-16(27-3)9-7-15/h4-10,12H,1,11,13H2,2-3H3,(H,21,22). The fourth-order valence-corrected chi connectivity index (χ4v) is 2.56. The van der Waals surface area contributed by atoms with Gasteiger partial charge < -0.3 is 19.5 Å². The largest absolute Gasteiger partial charge is 0.493 e. The van der Waals surface area contributed by atoms with E-state index in [-0.39, 0.29) is 12.2 Å². The van der Waals surface area contributed by atoms with Crippen LogP contribution < -0.4 is 14.8 Å². The molecule has 1 amide bonds. The van der Waals surface area contributed by atoms with Gasteiger partial charge in [0, 0.05) is 10.6 Å². The van der Waals surface area contributed by atoms with Gasteiger partial charge in [0.25, 0.3) is 5.91 Å². The van der Waals surface area contributed by atoms with Gasteiger partial charge in [-0.1, -0.05) is 12.7 Å². The third-order valence-electron chi connectivity index (χ3n) is 3.46. The predicted molar refractivity (Wildman–Crippen MR) is 106 cm³/mol. The molecule has 7 heteroatoms. The van der Waals surface area contributed by atoms with Gasteiger partial charge in [-0.2, -0.15) is 0 Å². The molecule has 1 N–H and O–H groups in total. The van der Waals surface area contributed by atoms with Gasteiger partial charge in [0.2, 0.25) is 0 Å². The van der Waals surface area contributed by atoms with Crippen LogP contribution in [-0.2, 0) is 9.53 Å². The quantitative estimate of drug-likeness (QED) is 0.401. The van der Waals surface area contributed by atoms with Crippen molar-refractivity contribution >= 4 is 29.3 Å². The number of ether oxygens (including phenoxy) is 3. The molecular formula is C20H21NO5S. The molecule has 0 fully saturated rings. The van der Waals surface area contributed by atoms with Crippen LogP contribution in [0, 0.1) is 0 Å². The molecule has 0 atom stereocenters. The normalized spacial score (nSPS) is 10.0. The van der Waals surface area contributed by atoms with Crippen molar-refractivity contribution in [1.82, 2.24) is 0 Å². The second-order valence-corrected chi connectivity index (χ2v) is 6.20. The van der Waals surface area contributed by atoms with E-state index in [2.05, 4.69) is 11.9 Å². The summed E-state index contributed by atoms with van der Waals surface area (Å²) in [7, 11) is 1.47. The number of methoxy groups -OCH3 is 1. The van der Waals surface area contributed by atoms with Crippen LogP contribution in [0.4, 0.5) is 5.69 Å². The van der Waals surface area contributed by atoms with E-state index >= 15 is 0 Å². The number of anilines is 1. The minimum atomic E-state index is -0.628. The molecular weight excluding hydrogens is 366 g/mol. The monoisotopic (exact) mass is 387 g/mol. The second-order valence-electron chi connectivity index (χ2n) is 5.32. The minimum Gasteiger partial charge on any atom is -0.493 e. The van der Waals surface area contributed by atoms with E-state index in [4.69, 9.17) is 14.2 Å². The zero-order chi connectivity index (χ0) is 19.6. The number of carbonyl (C=O) groups excluding carboxylic acids is 2. The number of amides is 1. The summed E-state index contributed by atoms with van der Waals surface area (Å²) in [5.74, 6) is -0.167. The Morgan fingerprint density at radius 3 is 2.52 bits per heavy atom. The Morgan fingerprint density at radius 2 is 1.89 bits per heavy atom. The third-order valence-corrected chi connectivity index (χ3v) is 4.21. The van der Waals surface area contributed by atoms with Crippen LogP contribution >= 0.6 is 11.8 Å². The number of rotatable bonds is 9. The molecule has 0 unspecified atom stereocenters. The minimum absolute atomic E-state index is 0.259. The first-order chi connectivity index (χ1) is 13.1. The molecule has 2 aromatic rings. The SMILES string of the molecule is C=CCOc1ccc(C(=O)OCC(=O)Nc2ccc(SC)cc2)cc1OC. The molecule has 0 aromatic heterocycles. The molecule has 0 bridgehead atoms. The maximum absolute atomic E-state index is 12.2. The van der Waals surface area contributed by atoms with E-state index < -0.39 is 11.9 Å². The average Bonchev–Trinajstić information content (AvgIpc) is 2.70. The van der Waals surface area contributed by atoms with Crippen molar-refractivity contribution in [3.05, 3.63) is 60.7 Å². The zero-order valence-corrected chi connectivity index (χ0v) is 16.0. The van der Waals surface area contributed by atoms with Crippen LogP contribution in [0.15, 0.2) is 60.0 Å².